The molecule has 1 aromatic carbocycles. The number of halogens is 1. The van der Waals surface area contributed by atoms with Gasteiger partial charge in [0.15, 0.2) is 0 Å². The minimum atomic E-state index is -0.391. The highest BCUT2D eigenvalue weighted by Crippen LogP contribution is 2.22. The zero-order valence-corrected chi connectivity index (χ0v) is 8.00. The largest absolute Gasteiger partial charge is 0.380 e. The smallest absolute Gasteiger partial charge is 0.292 e. The Hall–Kier alpha value is -1.29. The minimum absolute atomic E-state index is 0. The summed E-state index contributed by atoms with van der Waals surface area (Å²) in [6.07, 6.45) is 0. The van der Waals surface area contributed by atoms with Crippen molar-refractivity contribution in [3.8, 4) is 0 Å². The molecule has 0 radical (unpaired) electrons. The highest BCUT2D eigenvalue weighted by Gasteiger charge is 2.09. The minimum Gasteiger partial charge on any atom is -0.380 e. The number of para-hydroxylation sites is 2. The first-order valence-corrected chi connectivity index (χ1v) is 3.73. The SMILES string of the molecule is CCNc1ccccc1[N+](=O)[O-].Cl. The van der Waals surface area contributed by atoms with Gasteiger partial charge in [-0.1, -0.05) is 12.1 Å². The molecule has 0 aliphatic rings. The van der Waals surface area contributed by atoms with Crippen molar-refractivity contribution in [1.82, 2.24) is 0 Å². The lowest BCUT2D eigenvalue weighted by Crippen LogP contribution is -2.00. The number of hydrogen-bond acceptors (Lipinski definition) is 3. The highest BCUT2D eigenvalue weighted by atomic mass is 35.5. The maximum Gasteiger partial charge on any atom is 0.292 e. The molecule has 0 spiro atoms. The third kappa shape index (κ3) is 2.91. The number of nitro groups is 1. The molecule has 72 valence electrons. The molecule has 0 bridgehead atoms. The van der Waals surface area contributed by atoms with Crippen LogP contribution in [0.1, 0.15) is 6.92 Å². The quantitative estimate of drug-likeness (QED) is 0.605. The summed E-state index contributed by atoms with van der Waals surface area (Å²) in [4.78, 5) is 10.1. The van der Waals surface area contributed by atoms with Gasteiger partial charge in [-0.05, 0) is 13.0 Å². The molecule has 4 nitrogen and oxygen atoms in total. The van der Waals surface area contributed by atoms with Crippen LogP contribution in [0.15, 0.2) is 24.3 Å². The Labute approximate surface area is 82.5 Å². The van der Waals surface area contributed by atoms with Gasteiger partial charge < -0.3 is 5.32 Å². The van der Waals surface area contributed by atoms with Gasteiger partial charge in [0.1, 0.15) is 5.69 Å². The van der Waals surface area contributed by atoms with Gasteiger partial charge in [-0.2, -0.15) is 0 Å². The predicted octanol–water partition coefficient (Wildman–Crippen LogP) is 2.45. The van der Waals surface area contributed by atoms with Crippen LogP contribution in [0.5, 0.6) is 0 Å². The second-order valence-electron chi connectivity index (χ2n) is 2.30. The highest BCUT2D eigenvalue weighted by molar-refractivity contribution is 5.85. The van der Waals surface area contributed by atoms with E-state index in [1.165, 1.54) is 6.07 Å². The molecule has 0 unspecified atom stereocenters. The molecular weight excluding hydrogens is 192 g/mol. The van der Waals surface area contributed by atoms with E-state index >= 15 is 0 Å². The van der Waals surface area contributed by atoms with Crippen LogP contribution in [-0.2, 0) is 0 Å². The van der Waals surface area contributed by atoms with Gasteiger partial charge in [0, 0.05) is 12.6 Å². The molecule has 13 heavy (non-hydrogen) atoms. The maximum atomic E-state index is 10.5. The molecule has 0 heterocycles. The van der Waals surface area contributed by atoms with Gasteiger partial charge in [-0.25, -0.2) is 0 Å². The summed E-state index contributed by atoms with van der Waals surface area (Å²) < 4.78 is 0. The molecule has 0 fully saturated rings. The van der Waals surface area contributed by atoms with E-state index in [1.54, 1.807) is 18.2 Å². The van der Waals surface area contributed by atoms with Crippen molar-refractivity contribution in [2.45, 2.75) is 6.92 Å². The molecular formula is C8H11ClN2O2. The van der Waals surface area contributed by atoms with Gasteiger partial charge in [-0.15, -0.1) is 12.4 Å². The Balaban J connectivity index is 0.00000144. The van der Waals surface area contributed by atoms with Gasteiger partial charge in [0.25, 0.3) is 5.69 Å². The van der Waals surface area contributed by atoms with E-state index in [0.717, 1.165) is 0 Å². The topological polar surface area (TPSA) is 55.2 Å². The average Bonchev–Trinajstić information content (AvgIpc) is 2.05. The Kier molecular flexibility index (Phi) is 4.84. The second-order valence-corrected chi connectivity index (χ2v) is 2.30. The number of hydrogen-bond donors (Lipinski definition) is 1. The molecule has 5 heteroatoms. The van der Waals surface area contributed by atoms with Crippen LogP contribution in [0.4, 0.5) is 11.4 Å². The number of nitrogens with zero attached hydrogens (tertiary/aromatic N) is 1. The van der Waals surface area contributed by atoms with Gasteiger partial charge >= 0.3 is 0 Å². The van der Waals surface area contributed by atoms with E-state index in [0.29, 0.717) is 12.2 Å². The van der Waals surface area contributed by atoms with Crippen LogP contribution in [0.2, 0.25) is 0 Å². The molecule has 0 atom stereocenters. The van der Waals surface area contributed by atoms with Crippen molar-refractivity contribution < 1.29 is 4.92 Å². The van der Waals surface area contributed by atoms with Crippen LogP contribution in [0, 0.1) is 10.1 Å². The molecule has 0 aliphatic carbocycles. The van der Waals surface area contributed by atoms with Crippen LogP contribution < -0.4 is 5.32 Å². The number of anilines is 1. The summed E-state index contributed by atoms with van der Waals surface area (Å²) in [6, 6.07) is 6.60. The van der Waals surface area contributed by atoms with Crippen molar-refractivity contribution in [3.05, 3.63) is 34.4 Å². The molecule has 1 rings (SSSR count). The fourth-order valence-electron chi connectivity index (χ4n) is 0.973. The zero-order chi connectivity index (χ0) is 8.97. The summed E-state index contributed by atoms with van der Waals surface area (Å²) in [5.41, 5.74) is 0.698. The summed E-state index contributed by atoms with van der Waals surface area (Å²) in [5, 5.41) is 13.4. The molecule has 0 saturated heterocycles. The first-order valence-electron chi connectivity index (χ1n) is 3.73. The van der Waals surface area contributed by atoms with E-state index in [4.69, 9.17) is 0 Å². The average molecular weight is 203 g/mol. The van der Waals surface area contributed by atoms with Crippen LogP contribution in [-0.4, -0.2) is 11.5 Å². The van der Waals surface area contributed by atoms with Crippen LogP contribution in [0.3, 0.4) is 0 Å². The Morgan fingerprint density at radius 2 is 2.08 bits per heavy atom. The van der Waals surface area contributed by atoms with E-state index in [-0.39, 0.29) is 18.1 Å². The van der Waals surface area contributed by atoms with E-state index < -0.39 is 4.92 Å². The lowest BCUT2D eigenvalue weighted by molar-refractivity contribution is -0.384. The number of benzene rings is 1. The Morgan fingerprint density at radius 1 is 1.46 bits per heavy atom. The molecule has 0 amide bonds. The van der Waals surface area contributed by atoms with Crippen LogP contribution >= 0.6 is 12.4 Å². The fraction of sp³-hybridized carbons (Fsp3) is 0.250. The van der Waals surface area contributed by atoms with Crippen LogP contribution in [0.25, 0.3) is 0 Å². The first-order chi connectivity index (χ1) is 5.75. The number of nitro benzene ring substituents is 1. The molecule has 0 aliphatic heterocycles. The lowest BCUT2D eigenvalue weighted by Gasteiger charge is -2.02. The van der Waals surface area contributed by atoms with E-state index in [9.17, 15) is 10.1 Å². The molecule has 1 N–H and O–H groups in total. The third-order valence-corrected chi connectivity index (χ3v) is 1.47. The second kappa shape index (κ2) is 5.37. The summed E-state index contributed by atoms with van der Waals surface area (Å²) in [5.74, 6) is 0. The molecule has 1 aromatic rings. The number of rotatable bonds is 3. The summed E-state index contributed by atoms with van der Waals surface area (Å²) >= 11 is 0. The van der Waals surface area contributed by atoms with Crippen molar-refractivity contribution in [2.24, 2.45) is 0 Å². The molecule has 0 saturated carbocycles. The van der Waals surface area contributed by atoms with Gasteiger partial charge in [-0.3, -0.25) is 10.1 Å². The standard InChI is InChI=1S/C8H10N2O2.ClH/c1-2-9-7-5-3-4-6-8(7)10(11)12;/h3-6,9H,2H2,1H3;1H. The maximum absolute atomic E-state index is 10.5. The zero-order valence-electron chi connectivity index (χ0n) is 7.19. The predicted molar refractivity (Wildman–Crippen MR) is 54.5 cm³/mol. The summed E-state index contributed by atoms with van der Waals surface area (Å²) in [7, 11) is 0. The Morgan fingerprint density at radius 3 is 2.62 bits per heavy atom. The first kappa shape index (κ1) is 11.7. The lowest BCUT2D eigenvalue weighted by atomic mass is 10.3. The fourth-order valence-corrected chi connectivity index (χ4v) is 0.973. The molecule has 0 aromatic heterocycles. The third-order valence-electron chi connectivity index (χ3n) is 1.47. The summed E-state index contributed by atoms with van der Waals surface area (Å²) in [6.45, 7) is 2.58. The van der Waals surface area contributed by atoms with Crippen molar-refractivity contribution >= 4 is 23.8 Å². The van der Waals surface area contributed by atoms with Crippen molar-refractivity contribution in [3.63, 3.8) is 0 Å². The van der Waals surface area contributed by atoms with E-state index in [1.807, 2.05) is 6.92 Å². The number of nitrogens with one attached hydrogen (secondary N) is 1. The normalized spacial score (nSPS) is 8.69. The monoisotopic (exact) mass is 202 g/mol. The van der Waals surface area contributed by atoms with Gasteiger partial charge in [0.05, 0.1) is 4.92 Å². The van der Waals surface area contributed by atoms with Gasteiger partial charge in [0.2, 0.25) is 0 Å². The van der Waals surface area contributed by atoms with E-state index in [2.05, 4.69) is 5.32 Å². The Bertz CT molecular complexity index is 291. The van der Waals surface area contributed by atoms with Crippen molar-refractivity contribution in [2.75, 3.05) is 11.9 Å². The van der Waals surface area contributed by atoms with Crippen molar-refractivity contribution in [1.29, 1.82) is 0 Å².